The van der Waals surface area contributed by atoms with E-state index in [1.165, 1.54) is 18.3 Å². The van der Waals surface area contributed by atoms with Crippen LogP contribution in [0.3, 0.4) is 0 Å². The van der Waals surface area contributed by atoms with Crippen molar-refractivity contribution in [1.82, 2.24) is 14.5 Å². The van der Waals surface area contributed by atoms with E-state index in [1.54, 1.807) is 0 Å². The zero-order valence-electron chi connectivity index (χ0n) is 7.19. The van der Waals surface area contributed by atoms with Gasteiger partial charge in [0.2, 0.25) is 5.28 Å². The lowest BCUT2D eigenvalue weighted by atomic mass is 10.3. The highest BCUT2D eigenvalue weighted by Crippen LogP contribution is 2.15. The Morgan fingerprint density at radius 3 is 2.87 bits per heavy atom. The molecule has 0 spiro atoms. The number of pyridine rings is 1. The van der Waals surface area contributed by atoms with Crippen LogP contribution in [0.2, 0.25) is 5.28 Å². The molecule has 0 amide bonds. The van der Waals surface area contributed by atoms with Crippen LogP contribution in [0.25, 0.3) is 11.0 Å². The van der Waals surface area contributed by atoms with Crippen molar-refractivity contribution in [1.29, 1.82) is 0 Å². The standard InChI is InChI=1S/C8H4ClF2N3O/c9-7-13-5-4(2-1-3-12-5)6(15)14(7)8(10)11/h1-3,8H. The summed E-state index contributed by atoms with van der Waals surface area (Å²) < 4.78 is 25.0. The Labute approximate surface area is 87.1 Å². The van der Waals surface area contributed by atoms with Crippen molar-refractivity contribution >= 4 is 22.6 Å². The fourth-order valence-corrected chi connectivity index (χ4v) is 1.41. The van der Waals surface area contributed by atoms with E-state index >= 15 is 0 Å². The Balaban J connectivity index is 2.91. The molecule has 78 valence electrons. The fraction of sp³-hybridized carbons (Fsp3) is 0.125. The number of aromatic nitrogens is 3. The highest BCUT2D eigenvalue weighted by Gasteiger charge is 2.16. The summed E-state index contributed by atoms with van der Waals surface area (Å²) in [6.07, 6.45) is 1.40. The maximum Gasteiger partial charge on any atom is 0.323 e. The van der Waals surface area contributed by atoms with Gasteiger partial charge in [0.25, 0.3) is 5.56 Å². The number of nitrogens with zero attached hydrogens (tertiary/aromatic N) is 3. The molecule has 0 aromatic carbocycles. The molecule has 0 N–H and O–H groups in total. The average molecular weight is 232 g/mol. The molecule has 0 aliphatic rings. The van der Waals surface area contributed by atoms with Gasteiger partial charge < -0.3 is 0 Å². The zero-order valence-corrected chi connectivity index (χ0v) is 7.95. The molecule has 0 radical (unpaired) electrons. The van der Waals surface area contributed by atoms with Gasteiger partial charge in [0, 0.05) is 6.20 Å². The van der Waals surface area contributed by atoms with Crippen LogP contribution in [0.1, 0.15) is 6.55 Å². The summed E-state index contributed by atoms with van der Waals surface area (Å²) >= 11 is 5.44. The molecule has 0 saturated carbocycles. The van der Waals surface area contributed by atoms with Crippen LogP contribution >= 0.6 is 11.6 Å². The maximum atomic E-state index is 12.4. The van der Waals surface area contributed by atoms with Gasteiger partial charge in [-0.2, -0.15) is 13.8 Å². The molecule has 0 saturated heterocycles. The first-order valence-electron chi connectivity index (χ1n) is 3.92. The number of fused-ring (bicyclic) bond motifs is 1. The normalized spacial score (nSPS) is 11.2. The minimum absolute atomic E-state index is 0.0159. The molecule has 7 heteroatoms. The lowest BCUT2D eigenvalue weighted by Crippen LogP contribution is -2.23. The van der Waals surface area contributed by atoms with E-state index in [0.29, 0.717) is 0 Å². The van der Waals surface area contributed by atoms with E-state index in [4.69, 9.17) is 11.6 Å². The summed E-state index contributed by atoms with van der Waals surface area (Å²) in [5.74, 6) is 0. The van der Waals surface area contributed by atoms with Crippen LogP contribution in [0.15, 0.2) is 23.1 Å². The molecular weight excluding hydrogens is 228 g/mol. The Kier molecular flexibility index (Phi) is 2.36. The molecule has 2 aromatic rings. The molecule has 2 heterocycles. The van der Waals surface area contributed by atoms with Gasteiger partial charge in [-0.1, -0.05) is 0 Å². The lowest BCUT2D eigenvalue weighted by Gasteiger charge is -2.06. The Hall–Kier alpha value is -1.56. The molecule has 0 unspecified atom stereocenters. The molecule has 0 aliphatic carbocycles. The minimum atomic E-state index is -3.01. The van der Waals surface area contributed by atoms with E-state index in [0.717, 1.165) is 0 Å². The summed E-state index contributed by atoms with van der Waals surface area (Å²) in [6, 6.07) is 2.84. The first-order chi connectivity index (χ1) is 7.11. The minimum Gasteiger partial charge on any atom is -0.268 e. The quantitative estimate of drug-likeness (QED) is 0.704. The Bertz CT molecular complexity index is 569. The van der Waals surface area contributed by atoms with E-state index in [-0.39, 0.29) is 15.6 Å². The van der Waals surface area contributed by atoms with Crippen molar-refractivity contribution in [3.05, 3.63) is 34.0 Å². The lowest BCUT2D eigenvalue weighted by molar-refractivity contribution is 0.0662. The fourth-order valence-electron chi connectivity index (χ4n) is 1.18. The van der Waals surface area contributed by atoms with Crippen molar-refractivity contribution in [3.8, 4) is 0 Å². The van der Waals surface area contributed by atoms with Crippen LogP contribution in [0.5, 0.6) is 0 Å². The number of hydrogen-bond donors (Lipinski definition) is 0. The van der Waals surface area contributed by atoms with Crippen molar-refractivity contribution < 1.29 is 8.78 Å². The molecule has 0 fully saturated rings. The van der Waals surface area contributed by atoms with Gasteiger partial charge in [-0.05, 0) is 23.7 Å². The van der Waals surface area contributed by atoms with Crippen molar-refractivity contribution in [2.75, 3.05) is 0 Å². The second-order valence-corrected chi connectivity index (χ2v) is 3.05. The molecule has 4 nitrogen and oxygen atoms in total. The van der Waals surface area contributed by atoms with Crippen LogP contribution in [-0.2, 0) is 0 Å². The SMILES string of the molecule is O=c1c2cccnc2nc(Cl)n1C(F)F. The van der Waals surface area contributed by atoms with Crippen molar-refractivity contribution in [2.45, 2.75) is 6.55 Å². The third-order valence-corrected chi connectivity index (χ3v) is 2.09. The highest BCUT2D eigenvalue weighted by molar-refractivity contribution is 6.28. The van der Waals surface area contributed by atoms with E-state index in [1.807, 2.05) is 0 Å². The van der Waals surface area contributed by atoms with Crippen LogP contribution in [0.4, 0.5) is 8.78 Å². The summed E-state index contributed by atoms with van der Waals surface area (Å²) in [4.78, 5) is 18.9. The number of halogens is 3. The van der Waals surface area contributed by atoms with E-state index in [2.05, 4.69) is 9.97 Å². The molecule has 2 rings (SSSR count). The van der Waals surface area contributed by atoms with E-state index < -0.39 is 17.4 Å². The zero-order chi connectivity index (χ0) is 11.0. The second kappa shape index (κ2) is 3.54. The Morgan fingerprint density at radius 1 is 1.47 bits per heavy atom. The third kappa shape index (κ3) is 1.56. The van der Waals surface area contributed by atoms with Gasteiger partial charge in [-0.15, -0.1) is 0 Å². The summed E-state index contributed by atoms with van der Waals surface area (Å²) in [7, 11) is 0. The number of hydrogen-bond acceptors (Lipinski definition) is 3. The smallest absolute Gasteiger partial charge is 0.268 e. The monoisotopic (exact) mass is 231 g/mol. The molecule has 0 aliphatic heterocycles. The average Bonchev–Trinajstić information content (AvgIpc) is 2.17. The Morgan fingerprint density at radius 2 is 2.20 bits per heavy atom. The van der Waals surface area contributed by atoms with Gasteiger partial charge in [-0.3, -0.25) is 4.79 Å². The highest BCUT2D eigenvalue weighted by atomic mass is 35.5. The van der Waals surface area contributed by atoms with Crippen molar-refractivity contribution in [2.24, 2.45) is 0 Å². The van der Waals surface area contributed by atoms with Gasteiger partial charge >= 0.3 is 6.55 Å². The number of rotatable bonds is 1. The molecule has 0 bridgehead atoms. The third-order valence-electron chi connectivity index (χ3n) is 1.83. The van der Waals surface area contributed by atoms with E-state index in [9.17, 15) is 13.6 Å². The van der Waals surface area contributed by atoms with Crippen molar-refractivity contribution in [3.63, 3.8) is 0 Å². The first-order valence-corrected chi connectivity index (χ1v) is 4.30. The maximum absolute atomic E-state index is 12.4. The topological polar surface area (TPSA) is 47.8 Å². The number of alkyl halides is 2. The largest absolute Gasteiger partial charge is 0.323 e. The van der Waals surface area contributed by atoms with Gasteiger partial charge in [0.05, 0.1) is 5.39 Å². The van der Waals surface area contributed by atoms with Gasteiger partial charge in [0.15, 0.2) is 5.65 Å². The molecule has 15 heavy (non-hydrogen) atoms. The molecule has 2 aromatic heterocycles. The molecule has 0 atom stereocenters. The molecular formula is C8H4ClF2N3O. The summed E-state index contributed by atoms with van der Waals surface area (Å²) in [5.41, 5.74) is -0.836. The second-order valence-electron chi connectivity index (χ2n) is 2.71. The van der Waals surface area contributed by atoms with Crippen LogP contribution in [0, 0.1) is 0 Å². The van der Waals surface area contributed by atoms with Crippen LogP contribution < -0.4 is 5.56 Å². The van der Waals surface area contributed by atoms with Gasteiger partial charge in [-0.25, -0.2) is 9.55 Å². The van der Waals surface area contributed by atoms with Gasteiger partial charge in [0.1, 0.15) is 0 Å². The summed E-state index contributed by atoms with van der Waals surface area (Å²) in [6.45, 7) is -3.01. The van der Waals surface area contributed by atoms with Crippen LogP contribution in [-0.4, -0.2) is 14.5 Å². The summed E-state index contributed by atoms with van der Waals surface area (Å²) in [5, 5.41) is -0.552. The first kappa shape index (κ1) is 9.97. The predicted octanol–water partition coefficient (Wildman–Crippen LogP) is 1.84. The predicted molar refractivity (Wildman–Crippen MR) is 50.1 cm³/mol.